The van der Waals surface area contributed by atoms with Crippen LogP contribution in [0, 0.1) is 17.8 Å². The quantitative estimate of drug-likeness (QED) is 0.652. The van der Waals surface area contributed by atoms with Crippen molar-refractivity contribution in [2.24, 2.45) is 22.9 Å². The van der Waals surface area contributed by atoms with Gasteiger partial charge in [0, 0.05) is 5.92 Å². The van der Waals surface area contributed by atoms with E-state index in [0.717, 1.165) is 17.0 Å². The first-order valence-electron chi connectivity index (χ1n) is 9.28. The maximum absolute atomic E-state index is 12.4. The number of fused-ring (bicyclic) bond motifs is 1. The second-order valence-electron chi connectivity index (χ2n) is 6.98. The third kappa shape index (κ3) is 3.97. The molecule has 1 N–H and O–H groups in total. The summed E-state index contributed by atoms with van der Waals surface area (Å²) in [7, 11) is 0. The zero-order chi connectivity index (χ0) is 16.9. The molecular formula is C20H28N2O2. The van der Waals surface area contributed by atoms with E-state index in [9.17, 15) is 4.79 Å². The van der Waals surface area contributed by atoms with Gasteiger partial charge in [0.25, 0.3) is 0 Å². The molecule has 1 aromatic rings. The van der Waals surface area contributed by atoms with Gasteiger partial charge in [0.05, 0.1) is 12.3 Å². The average molecular weight is 328 g/mol. The molecule has 0 saturated heterocycles. The number of nitrogens with zero attached hydrogens (tertiary/aromatic N) is 1. The molecule has 4 nitrogen and oxygen atoms in total. The van der Waals surface area contributed by atoms with Crippen molar-refractivity contribution in [3.63, 3.8) is 0 Å². The molecule has 2 aliphatic carbocycles. The van der Waals surface area contributed by atoms with Crippen molar-refractivity contribution < 1.29 is 9.53 Å². The van der Waals surface area contributed by atoms with Crippen molar-refractivity contribution in [3.05, 3.63) is 29.8 Å². The SMILES string of the molecule is CCOc1ccc(/C(C)=N\NC(=O)C2[C@H]3CCCCCC[C@H]23)cc1. The first-order chi connectivity index (χ1) is 11.7. The summed E-state index contributed by atoms with van der Waals surface area (Å²) in [5, 5.41) is 4.31. The van der Waals surface area contributed by atoms with Crippen LogP contribution in [0.4, 0.5) is 0 Å². The second-order valence-corrected chi connectivity index (χ2v) is 6.98. The number of benzene rings is 1. The minimum atomic E-state index is 0.109. The number of hydrogen-bond acceptors (Lipinski definition) is 3. The van der Waals surface area contributed by atoms with Gasteiger partial charge in [0.2, 0.25) is 5.91 Å². The summed E-state index contributed by atoms with van der Waals surface area (Å²) < 4.78 is 5.44. The van der Waals surface area contributed by atoms with Gasteiger partial charge in [-0.05, 0) is 68.4 Å². The van der Waals surface area contributed by atoms with Crippen LogP contribution in [0.5, 0.6) is 5.75 Å². The molecule has 0 heterocycles. The van der Waals surface area contributed by atoms with Crippen molar-refractivity contribution in [3.8, 4) is 5.75 Å². The van der Waals surface area contributed by atoms with E-state index in [4.69, 9.17) is 4.74 Å². The Hall–Kier alpha value is -1.84. The minimum absolute atomic E-state index is 0.109. The predicted molar refractivity (Wildman–Crippen MR) is 96.1 cm³/mol. The summed E-state index contributed by atoms with van der Waals surface area (Å²) in [6.45, 7) is 4.55. The molecule has 2 atom stereocenters. The maximum atomic E-state index is 12.4. The van der Waals surface area contributed by atoms with Crippen LogP contribution in [0.1, 0.15) is 57.9 Å². The molecule has 1 amide bonds. The standard InChI is InChI=1S/C20H28N2O2/c1-3-24-16-12-10-15(11-13-16)14(2)21-22-20(23)19-17-8-6-4-5-7-9-18(17)19/h10-13,17-19H,3-9H2,1-2H3,(H,22,23)/b21-14-/t17-,18-/m0/s1. The first kappa shape index (κ1) is 17.0. The number of nitrogens with one attached hydrogen (secondary N) is 1. The van der Waals surface area contributed by atoms with Crippen LogP contribution < -0.4 is 10.2 Å². The van der Waals surface area contributed by atoms with Crippen molar-refractivity contribution >= 4 is 11.6 Å². The van der Waals surface area contributed by atoms with E-state index in [-0.39, 0.29) is 11.8 Å². The molecule has 0 radical (unpaired) electrons. The van der Waals surface area contributed by atoms with Crippen molar-refractivity contribution in [1.82, 2.24) is 5.43 Å². The molecule has 0 aliphatic heterocycles. The van der Waals surface area contributed by atoms with E-state index in [1.165, 1.54) is 38.5 Å². The van der Waals surface area contributed by atoms with Crippen molar-refractivity contribution in [2.75, 3.05) is 6.61 Å². The van der Waals surface area contributed by atoms with Gasteiger partial charge < -0.3 is 4.74 Å². The summed E-state index contributed by atoms with van der Waals surface area (Å²) in [5.41, 5.74) is 4.62. The molecular weight excluding hydrogens is 300 g/mol. The molecule has 2 aliphatic rings. The number of hydrazone groups is 1. The van der Waals surface area contributed by atoms with Crippen LogP contribution in [0.2, 0.25) is 0 Å². The third-order valence-electron chi connectivity index (χ3n) is 5.38. The van der Waals surface area contributed by atoms with E-state index in [0.29, 0.717) is 18.4 Å². The zero-order valence-electron chi connectivity index (χ0n) is 14.8. The highest BCUT2D eigenvalue weighted by atomic mass is 16.5. The van der Waals surface area contributed by atoms with Gasteiger partial charge in [-0.15, -0.1) is 0 Å². The summed E-state index contributed by atoms with van der Waals surface area (Å²) >= 11 is 0. The molecule has 3 rings (SSSR count). The van der Waals surface area contributed by atoms with Crippen LogP contribution in [0.3, 0.4) is 0 Å². The molecule has 0 aromatic heterocycles. The lowest BCUT2D eigenvalue weighted by Crippen LogP contribution is -2.22. The van der Waals surface area contributed by atoms with Crippen molar-refractivity contribution in [2.45, 2.75) is 52.4 Å². The smallest absolute Gasteiger partial charge is 0.243 e. The molecule has 4 heteroatoms. The van der Waals surface area contributed by atoms with Crippen LogP contribution in [-0.4, -0.2) is 18.2 Å². The van der Waals surface area contributed by atoms with E-state index in [1.54, 1.807) is 0 Å². The molecule has 0 spiro atoms. The van der Waals surface area contributed by atoms with Gasteiger partial charge >= 0.3 is 0 Å². The lowest BCUT2D eigenvalue weighted by molar-refractivity contribution is -0.122. The largest absolute Gasteiger partial charge is 0.494 e. The Morgan fingerprint density at radius 2 is 1.75 bits per heavy atom. The molecule has 24 heavy (non-hydrogen) atoms. The first-order valence-corrected chi connectivity index (χ1v) is 9.28. The van der Waals surface area contributed by atoms with Gasteiger partial charge in [-0.2, -0.15) is 5.10 Å². The fourth-order valence-corrected chi connectivity index (χ4v) is 3.97. The highest BCUT2D eigenvalue weighted by Crippen LogP contribution is 2.53. The van der Waals surface area contributed by atoms with Crippen molar-refractivity contribution in [1.29, 1.82) is 0 Å². The summed E-state index contributed by atoms with van der Waals surface area (Å²) in [6.07, 6.45) is 7.63. The molecule has 2 saturated carbocycles. The van der Waals surface area contributed by atoms with E-state index in [2.05, 4.69) is 10.5 Å². The lowest BCUT2D eigenvalue weighted by Gasteiger charge is -2.05. The Morgan fingerprint density at radius 1 is 1.12 bits per heavy atom. The highest BCUT2D eigenvalue weighted by Gasteiger charge is 2.53. The number of hydrogen-bond donors (Lipinski definition) is 1. The molecule has 1 aromatic carbocycles. The fourth-order valence-electron chi connectivity index (χ4n) is 3.97. The molecule has 2 fully saturated rings. The summed E-state index contributed by atoms with van der Waals surface area (Å²) in [6, 6.07) is 7.81. The summed E-state index contributed by atoms with van der Waals surface area (Å²) in [4.78, 5) is 12.4. The third-order valence-corrected chi connectivity index (χ3v) is 5.38. The Bertz CT molecular complexity index is 580. The molecule has 0 bridgehead atoms. The Kier molecular flexibility index (Phi) is 5.54. The van der Waals surface area contributed by atoms with Gasteiger partial charge in [-0.25, -0.2) is 5.43 Å². The average Bonchev–Trinajstić information content (AvgIpc) is 3.24. The van der Waals surface area contributed by atoms with Gasteiger partial charge in [-0.3, -0.25) is 4.79 Å². The Labute approximate surface area is 144 Å². The van der Waals surface area contributed by atoms with E-state index in [1.807, 2.05) is 38.1 Å². The fraction of sp³-hybridized carbons (Fsp3) is 0.600. The monoisotopic (exact) mass is 328 g/mol. The number of ether oxygens (including phenoxy) is 1. The van der Waals surface area contributed by atoms with Gasteiger partial charge in [-0.1, -0.05) is 25.7 Å². The maximum Gasteiger partial charge on any atom is 0.243 e. The lowest BCUT2D eigenvalue weighted by atomic mass is 10.0. The number of amides is 1. The van der Waals surface area contributed by atoms with Gasteiger partial charge in [0.1, 0.15) is 5.75 Å². The minimum Gasteiger partial charge on any atom is -0.494 e. The zero-order valence-corrected chi connectivity index (χ0v) is 14.8. The van der Waals surface area contributed by atoms with Crippen LogP contribution >= 0.6 is 0 Å². The van der Waals surface area contributed by atoms with Crippen LogP contribution in [-0.2, 0) is 4.79 Å². The van der Waals surface area contributed by atoms with E-state index < -0.39 is 0 Å². The second kappa shape index (κ2) is 7.82. The number of carbonyl (C=O) groups excluding carboxylic acids is 1. The normalized spacial score (nSPS) is 26.8. The topological polar surface area (TPSA) is 50.7 Å². The Balaban J connectivity index is 1.55. The summed E-state index contributed by atoms with van der Waals surface area (Å²) in [5.74, 6) is 2.36. The van der Waals surface area contributed by atoms with Crippen LogP contribution in [0.15, 0.2) is 29.4 Å². The number of rotatable bonds is 5. The van der Waals surface area contributed by atoms with E-state index >= 15 is 0 Å². The van der Waals surface area contributed by atoms with Crippen LogP contribution in [0.25, 0.3) is 0 Å². The molecule has 130 valence electrons. The predicted octanol–water partition coefficient (Wildman–Crippen LogP) is 4.14. The highest BCUT2D eigenvalue weighted by molar-refractivity contribution is 5.99. The number of carbonyl (C=O) groups is 1. The molecule has 0 unspecified atom stereocenters. The van der Waals surface area contributed by atoms with Gasteiger partial charge in [0.15, 0.2) is 0 Å². The Morgan fingerprint density at radius 3 is 2.33 bits per heavy atom.